The maximum Gasteiger partial charge on any atom is 0.0733 e. The molecule has 0 N–H and O–H groups in total. The molecule has 9 aromatic rings. The van der Waals surface area contributed by atoms with Crippen molar-refractivity contribution < 1.29 is 0 Å². The van der Waals surface area contributed by atoms with E-state index in [1.165, 1.54) is 65.3 Å². The number of hydrogen-bond acceptors (Lipinski definition) is 3. The summed E-state index contributed by atoms with van der Waals surface area (Å²) in [6.45, 7) is 21.6. The van der Waals surface area contributed by atoms with Gasteiger partial charge in [-0.3, -0.25) is 0 Å². The number of benzene rings is 8. The van der Waals surface area contributed by atoms with Crippen LogP contribution < -0.4 is 9.80 Å². The van der Waals surface area contributed by atoms with Crippen molar-refractivity contribution in [3.05, 3.63) is 234 Å². The van der Waals surface area contributed by atoms with Crippen LogP contribution in [-0.2, 0) is 18.9 Å². The van der Waals surface area contributed by atoms with Crippen LogP contribution in [0.1, 0.15) is 55.5 Å². The third kappa shape index (κ3) is 7.33. The smallest absolute Gasteiger partial charge is 0.0733 e. The topological polar surface area (TPSA) is 11.4 Å². The Morgan fingerprint density at radius 1 is 0.627 bits per heavy atom. The van der Waals surface area contributed by atoms with Crippen molar-refractivity contribution >= 4 is 90.6 Å². The van der Waals surface area contributed by atoms with Crippen LogP contribution in [0.15, 0.2) is 212 Å². The number of allylic oxidation sites excluding steroid dienone is 4. The van der Waals surface area contributed by atoms with E-state index in [0.29, 0.717) is 0 Å². The van der Waals surface area contributed by atoms with E-state index in [2.05, 4.69) is 244 Å². The van der Waals surface area contributed by atoms with Crippen LogP contribution in [-0.4, -0.2) is 4.57 Å². The van der Waals surface area contributed by atoms with E-state index in [0.717, 1.165) is 56.6 Å². The number of fused-ring (bicyclic) bond motifs is 8. The minimum Gasteiger partial charge on any atom is -0.342 e. The highest BCUT2D eigenvalue weighted by molar-refractivity contribution is 8.03. The van der Waals surface area contributed by atoms with E-state index < -0.39 is 0 Å². The van der Waals surface area contributed by atoms with E-state index in [1.807, 2.05) is 19.1 Å². The number of anilines is 6. The monoisotopic (exact) mass is 885 g/mol. The molecule has 1 aliphatic carbocycles. The van der Waals surface area contributed by atoms with Crippen molar-refractivity contribution in [1.29, 1.82) is 0 Å². The summed E-state index contributed by atoms with van der Waals surface area (Å²) in [5, 5.41) is 4.89. The first-order valence-electron chi connectivity index (χ1n) is 23.1. The molecule has 0 amide bonds. The highest BCUT2D eigenvalue weighted by atomic mass is 32.2. The van der Waals surface area contributed by atoms with Crippen molar-refractivity contribution in [1.82, 2.24) is 4.57 Å². The minimum atomic E-state index is -0.354. The predicted octanol–water partition coefficient (Wildman–Crippen LogP) is 18.3. The van der Waals surface area contributed by atoms with Gasteiger partial charge in [0.15, 0.2) is 0 Å². The molecule has 0 saturated carbocycles. The number of aryl methyl sites for hydroxylation is 1. The van der Waals surface area contributed by atoms with Crippen molar-refractivity contribution in [2.75, 3.05) is 9.80 Å². The molecule has 0 unspecified atom stereocenters. The first kappa shape index (κ1) is 43.4. The first-order chi connectivity index (χ1) is 32.7. The summed E-state index contributed by atoms with van der Waals surface area (Å²) in [5.74, 6) is 0. The first-order valence-corrected chi connectivity index (χ1v) is 23.9. The van der Waals surface area contributed by atoms with Gasteiger partial charge in [0, 0.05) is 66.6 Å². The Kier molecular flexibility index (Phi) is 11.5. The van der Waals surface area contributed by atoms with Crippen molar-refractivity contribution in [3.63, 3.8) is 0 Å². The van der Waals surface area contributed by atoms with Gasteiger partial charge >= 0.3 is 0 Å². The second-order valence-electron chi connectivity index (χ2n) is 17.8. The van der Waals surface area contributed by atoms with Gasteiger partial charge in [0.2, 0.25) is 0 Å². The Balaban J connectivity index is 1.23. The maximum absolute atomic E-state index is 4.42. The summed E-state index contributed by atoms with van der Waals surface area (Å²) < 4.78 is 2.37. The van der Waals surface area contributed by atoms with Crippen LogP contribution in [0, 0.1) is 0 Å². The molecule has 1 aliphatic rings. The zero-order valence-electron chi connectivity index (χ0n) is 39.1. The van der Waals surface area contributed by atoms with E-state index in [-0.39, 0.29) is 5.41 Å². The van der Waals surface area contributed by atoms with Gasteiger partial charge in [0.1, 0.15) is 0 Å². The molecule has 0 saturated heterocycles. The van der Waals surface area contributed by atoms with Gasteiger partial charge in [-0.15, -0.1) is 6.58 Å². The Morgan fingerprint density at radius 3 is 2.07 bits per heavy atom. The molecule has 0 spiro atoms. The lowest BCUT2D eigenvalue weighted by Gasteiger charge is -2.31. The molecule has 0 radical (unpaired) electrons. The van der Waals surface area contributed by atoms with E-state index in [1.54, 1.807) is 11.8 Å². The number of hydrogen-bond donors (Lipinski definition) is 0. The minimum absolute atomic E-state index is 0.354. The van der Waals surface area contributed by atoms with Gasteiger partial charge in [-0.1, -0.05) is 172 Å². The average Bonchev–Trinajstić information content (AvgIpc) is 3.77. The molecule has 0 aliphatic heterocycles. The summed E-state index contributed by atoms with van der Waals surface area (Å²) in [4.78, 5) is 7.07. The zero-order chi connectivity index (χ0) is 46.4. The van der Waals surface area contributed by atoms with Gasteiger partial charge in [0.05, 0.1) is 22.6 Å². The molecule has 10 rings (SSSR count). The number of nitrogens with zero attached hydrogens (tertiary/aromatic N) is 3. The van der Waals surface area contributed by atoms with Crippen LogP contribution in [0.25, 0.3) is 55.9 Å². The van der Waals surface area contributed by atoms with Crippen molar-refractivity contribution in [2.45, 2.75) is 44.4 Å². The quantitative estimate of drug-likeness (QED) is 0.0650. The highest BCUT2D eigenvalue weighted by Crippen LogP contribution is 2.56. The molecular weight excluding hydrogens is 831 g/mol. The Morgan fingerprint density at radius 2 is 1.31 bits per heavy atom. The van der Waals surface area contributed by atoms with Gasteiger partial charge in [0.25, 0.3) is 0 Å². The van der Waals surface area contributed by atoms with Crippen LogP contribution in [0.2, 0.25) is 0 Å². The fourth-order valence-corrected chi connectivity index (χ4v) is 11.4. The van der Waals surface area contributed by atoms with Crippen LogP contribution >= 0.6 is 11.8 Å². The molecule has 1 aromatic heterocycles. The molecule has 8 aromatic carbocycles. The number of thioether (sulfide) groups is 1. The number of rotatable bonds is 13. The average molecular weight is 886 g/mol. The van der Waals surface area contributed by atoms with Gasteiger partial charge < -0.3 is 14.4 Å². The lowest BCUT2D eigenvalue weighted by molar-refractivity contribution is 0.661. The molecule has 0 bridgehead atoms. The molecule has 4 heteroatoms. The fraction of sp³-hybridized carbons (Fsp3) is 0.111. The molecule has 328 valence electrons. The summed E-state index contributed by atoms with van der Waals surface area (Å²) in [6, 6.07) is 58.2. The zero-order valence-corrected chi connectivity index (χ0v) is 39.9. The van der Waals surface area contributed by atoms with E-state index in [4.69, 9.17) is 0 Å². The summed E-state index contributed by atoms with van der Waals surface area (Å²) in [5.41, 5.74) is 17.3. The summed E-state index contributed by atoms with van der Waals surface area (Å²) in [7, 11) is 2.20. The molecule has 3 nitrogen and oxygen atoms in total. The Labute approximate surface area is 400 Å². The largest absolute Gasteiger partial charge is 0.342 e. The SMILES string of the molecule is C=CCc1ccc(N(c2cc3c(c4ccccc24)-c2ccc(N(c4ccccc4)c4cccc(C=C)c4/C=C\C)cc2C3(C)C)c2cccc3c4ccccc4n(C)c23)cc1SC(=C)/C=C\C. The lowest BCUT2D eigenvalue weighted by atomic mass is 9.81. The molecule has 67 heavy (non-hydrogen) atoms. The Bertz CT molecular complexity index is 3490. The van der Waals surface area contributed by atoms with Crippen LogP contribution in [0.3, 0.4) is 0 Å². The van der Waals surface area contributed by atoms with Gasteiger partial charge in [-0.25, -0.2) is 0 Å². The molecule has 0 atom stereocenters. The third-order valence-corrected chi connectivity index (χ3v) is 14.5. The fourth-order valence-electron chi connectivity index (χ4n) is 10.4. The number of para-hydroxylation sites is 3. The molecular formula is C63H55N3S. The molecule has 0 fully saturated rings. The third-order valence-electron chi connectivity index (χ3n) is 13.5. The standard InChI is InChI=1S/C63H55N3S/c1-9-22-42(5)67-60-40-47(36-35-44(60)23-10-2)66(58-34-21-31-52-50-29-18-19-32-56(50)64(8)62(52)58)59-41-55-61(51-30-17-16-28-49(51)59)53-38-37-46(39-54(53)63(55,6)7)65(45-26-14-13-15-27-45)57-33-20-25-43(12-4)48(57)24-11-3/h9-22,24-41H,2,4-5,23H2,1,3,6-8H3/b22-9-,24-11-. The second kappa shape index (κ2) is 17.7. The van der Waals surface area contributed by atoms with Crippen molar-refractivity contribution in [3.8, 4) is 11.1 Å². The van der Waals surface area contributed by atoms with Crippen molar-refractivity contribution in [2.24, 2.45) is 7.05 Å². The van der Waals surface area contributed by atoms with Crippen LogP contribution in [0.4, 0.5) is 34.1 Å². The Hall–Kier alpha value is -7.53. The van der Waals surface area contributed by atoms with Gasteiger partial charge in [-0.2, -0.15) is 0 Å². The van der Waals surface area contributed by atoms with Gasteiger partial charge in [-0.05, 0) is 120 Å². The normalized spacial score (nSPS) is 12.9. The van der Waals surface area contributed by atoms with Crippen LogP contribution in [0.5, 0.6) is 0 Å². The number of aromatic nitrogens is 1. The highest BCUT2D eigenvalue weighted by Gasteiger charge is 2.39. The lowest BCUT2D eigenvalue weighted by Crippen LogP contribution is -2.18. The summed E-state index contributed by atoms with van der Waals surface area (Å²) in [6.07, 6.45) is 13.1. The predicted molar refractivity (Wildman–Crippen MR) is 293 cm³/mol. The second-order valence-corrected chi connectivity index (χ2v) is 19.0. The summed E-state index contributed by atoms with van der Waals surface area (Å²) >= 11 is 1.71. The van der Waals surface area contributed by atoms with E-state index in [9.17, 15) is 0 Å². The maximum atomic E-state index is 4.42. The van der Waals surface area contributed by atoms with E-state index >= 15 is 0 Å². The molecule has 1 heterocycles.